The van der Waals surface area contributed by atoms with Crippen molar-refractivity contribution in [2.45, 2.75) is 26.2 Å². The van der Waals surface area contributed by atoms with Gasteiger partial charge in [-0.25, -0.2) is 4.39 Å². The first-order chi connectivity index (χ1) is 12.6. The molecule has 2 fully saturated rings. The zero-order valence-electron chi connectivity index (χ0n) is 15.5. The molecule has 5 nitrogen and oxygen atoms in total. The van der Waals surface area contributed by atoms with Crippen LogP contribution in [0.15, 0.2) is 18.2 Å². The van der Waals surface area contributed by atoms with E-state index in [9.17, 15) is 9.18 Å². The van der Waals surface area contributed by atoms with Crippen LogP contribution in [-0.4, -0.2) is 61.5 Å². The molecule has 2 heterocycles. The van der Waals surface area contributed by atoms with E-state index in [-0.39, 0.29) is 11.7 Å². The summed E-state index contributed by atoms with van der Waals surface area (Å²) in [6.07, 6.45) is 3.22. The molecular formula is C20H27FN4O. The number of piperidine rings is 1. The Morgan fingerprint density at radius 2 is 2.08 bits per heavy atom. The van der Waals surface area contributed by atoms with Crippen LogP contribution in [0.25, 0.3) is 0 Å². The van der Waals surface area contributed by atoms with Gasteiger partial charge < -0.3 is 14.7 Å². The molecule has 0 N–H and O–H groups in total. The normalized spacial score (nSPS) is 22.0. The molecule has 2 aliphatic heterocycles. The summed E-state index contributed by atoms with van der Waals surface area (Å²) in [5.41, 5.74) is 0.965. The molecule has 0 radical (unpaired) electrons. The van der Waals surface area contributed by atoms with Crippen molar-refractivity contribution in [2.75, 3.05) is 50.7 Å². The number of anilines is 1. The third-order valence-electron chi connectivity index (χ3n) is 5.49. The van der Waals surface area contributed by atoms with Gasteiger partial charge in [-0.05, 0) is 49.9 Å². The summed E-state index contributed by atoms with van der Waals surface area (Å²) in [6.45, 7) is 7.93. The molecule has 1 unspecified atom stereocenters. The Morgan fingerprint density at radius 3 is 2.81 bits per heavy atom. The van der Waals surface area contributed by atoms with Gasteiger partial charge in [-0.2, -0.15) is 5.26 Å². The van der Waals surface area contributed by atoms with Gasteiger partial charge in [-0.15, -0.1) is 0 Å². The van der Waals surface area contributed by atoms with Crippen LogP contribution >= 0.6 is 0 Å². The van der Waals surface area contributed by atoms with Crippen LogP contribution in [0.3, 0.4) is 0 Å². The van der Waals surface area contributed by atoms with Crippen LogP contribution in [0.4, 0.5) is 10.1 Å². The number of amides is 1. The molecule has 1 aromatic carbocycles. The maximum Gasteiger partial charge on any atom is 0.219 e. The Labute approximate surface area is 155 Å². The van der Waals surface area contributed by atoms with Crippen molar-refractivity contribution in [1.82, 2.24) is 9.80 Å². The van der Waals surface area contributed by atoms with Gasteiger partial charge >= 0.3 is 0 Å². The minimum atomic E-state index is -0.309. The summed E-state index contributed by atoms with van der Waals surface area (Å²) >= 11 is 0. The van der Waals surface area contributed by atoms with E-state index in [4.69, 9.17) is 5.26 Å². The van der Waals surface area contributed by atoms with Crippen LogP contribution in [0.5, 0.6) is 0 Å². The maximum atomic E-state index is 14.3. The number of nitrogens with zero attached hydrogens (tertiary/aromatic N) is 4. The number of benzene rings is 1. The topological polar surface area (TPSA) is 50.6 Å². The predicted octanol–water partition coefficient (Wildman–Crippen LogP) is 2.47. The number of rotatable bonds is 3. The Morgan fingerprint density at radius 1 is 1.23 bits per heavy atom. The van der Waals surface area contributed by atoms with E-state index in [0.29, 0.717) is 17.2 Å². The van der Waals surface area contributed by atoms with E-state index in [1.807, 2.05) is 11.0 Å². The molecule has 0 aliphatic carbocycles. The fourth-order valence-corrected chi connectivity index (χ4v) is 4.10. The van der Waals surface area contributed by atoms with Crippen molar-refractivity contribution in [1.29, 1.82) is 5.26 Å². The quantitative estimate of drug-likeness (QED) is 0.833. The fourth-order valence-electron chi connectivity index (χ4n) is 4.10. The van der Waals surface area contributed by atoms with Crippen LogP contribution in [0, 0.1) is 23.1 Å². The van der Waals surface area contributed by atoms with Gasteiger partial charge in [0.25, 0.3) is 0 Å². The highest BCUT2D eigenvalue weighted by Crippen LogP contribution is 2.27. The Hall–Kier alpha value is -2.13. The van der Waals surface area contributed by atoms with Gasteiger partial charge in [-0.3, -0.25) is 4.79 Å². The molecular weight excluding hydrogens is 331 g/mol. The molecule has 6 heteroatoms. The first-order valence-electron chi connectivity index (χ1n) is 9.49. The van der Waals surface area contributed by atoms with E-state index in [0.717, 1.165) is 65.1 Å². The first kappa shape index (κ1) is 18.7. The third kappa shape index (κ3) is 4.53. The number of hydrogen-bond donors (Lipinski definition) is 0. The zero-order valence-corrected chi connectivity index (χ0v) is 15.5. The molecule has 0 bridgehead atoms. The van der Waals surface area contributed by atoms with Crippen LogP contribution in [0.2, 0.25) is 0 Å². The van der Waals surface area contributed by atoms with Crippen molar-refractivity contribution in [2.24, 2.45) is 5.92 Å². The summed E-state index contributed by atoms with van der Waals surface area (Å²) in [6, 6.07) is 6.73. The molecule has 0 aromatic heterocycles. The van der Waals surface area contributed by atoms with Crippen molar-refractivity contribution >= 4 is 11.6 Å². The maximum absolute atomic E-state index is 14.3. The highest BCUT2D eigenvalue weighted by molar-refractivity contribution is 5.73. The molecule has 140 valence electrons. The third-order valence-corrected chi connectivity index (χ3v) is 5.49. The second-order valence-corrected chi connectivity index (χ2v) is 7.39. The van der Waals surface area contributed by atoms with Crippen LogP contribution in [0.1, 0.15) is 31.7 Å². The number of carbonyl (C=O) groups is 1. The number of halogens is 1. The van der Waals surface area contributed by atoms with Crippen LogP contribution < -0.4 is 4.90 Å². The highest BCUT2D eigenvalue weighted by Gasteiger charge is 2.25. The molecule has 2 aliphatic rings. The van der Waals surface area contributed by atoms with E-state index < -0.39 is 0 Å². The zero-order chi connectivity index (χ0) is 18.5. The van der Waals surface area contributed by atoms with Gasteiger partial charge in [0, 0.05) is 46.2 Å². The lowest BCUT2D eigenvalue weighted by Crippen LogP contribution is -2.42. The summed E-state index contributed by atoms with van der Waals surface area (Å²) in [5, 5.41) is 8.90. The van der Waals surface area contributed by atoms with E-state index in [2.05, 4.69) is 9.80 Å². The SMILES string of the molecule is CC(=O)N1CCCN(CC2CCCN(c3ccc(C#N)cc3F)C2)CC1. The second-order valence-electron chi connectivity index (χ2n) is 7.39. The summed E-state index contributed by atoms with van der Waals surface area (Å²) in [7, 11) is 0. The lowest BCUT2D eigenvalue weighted by Gasteiger charge is -2.37. The van der Waals surface area contributed by atoms with Gasteiger partial charge in [0.1, 0.15) is 5.82 Å². The minimum absolute atomic E-state index is 0.159. The molecule has 1 amide bonds. The van der Waals surface area contributed by atoms with Gasteiger partial charge in [0.15, 0.2) is 0 Å². The van der Waals surface area contributed by atoms with E-state index in [1.54, 1.807) is 19.1 Å². The summed E-state index contributed by atoms with van der Waals surface area (Å²) < 4.78 is 14.3. The molecule has 3 rings (SSSR count). The average molecular weight is 358 g/mol. The van der Waals surface area contributed by atoms with Gasteiger partial charge in [0.05, 0.1) is 17.3 Å². The van der Waals surface area contributed by atoms with Gasteiger partial charge in [0.2, 0.25) is 5.91 Å². The Kier molecular flexibility index (Phi) is 6.10. The van der Waals surface area contributed by atoms with Gasteiger partial charge in [-0.1, -0.05) is 0 Å². The smallest absolute Gasteiger partial charge is 0.219 e. The van der Waals surface area contributed by atoms with Crippen LogP contribution in [-0.2, 0) is 4.79 Å². The Balaban J connectivity index is 1.59. The first-order valence-corrected chi connectivity index (χ1v) is 9.49. The summed E-state index contributed by atoms with van der Waals surface area (Å²) in [4.78, 5) is 18.1. The average Bonchev–Trinajstić information content (AvgIpc) is 2.87. The van der Waals surface area contributed by atoms with Crippen molar-refractivity contribution in [3.8, 4) is 6.07 Å². The van der Waals surface area contributed by atoms with E-state index >= 15 is 0 Å². The molecule has 0 saturated carbocycles. The second kappa shape index (κ2) is 8.50. The monoisotopic (exact) mass is 358 g/mol. The number of nitriles is 1. The van der Waals surface area contributed by atoms with E-state index in [1.165, 1.54) is 6.07 Å². The lowest BCUT2D eigenvalue weighted by molar-refractivity contribution is -0.128. The minimum Gasteiger partial charge on any atom is -0.369 e. The molecule has 26 heavy (non-hydrogen) atoms. The largest absolute Gasteiger partial charge is 0.369 e. The molecule has 1 atom stereocenters. The summed E-state index contributed by atoms with van der Waals surface area (Å²) in [5.74, 6) is 0.353. The predicted molar refractivity (Wildman–Crippen MR) is 99.4 cm³/mol. The molecule has 0 spiro atoms. The van der Waals surface area contributed by atoms with Crippen molar-refractivity contribution in [3.63, 3.8) is 0 Å². The number of hydrogen-bond acceptors (Lipinski definition) is 4. The molecule has 2 saturated heterocycles. The van der Waals surface area contributed by atoms with Crippen molar-refractivity contribution < 1.29 is 9.18 Å². The fraction of sp³-hybridized carbons (Fsp3) is 0.600. The molecule has 1 aromatic rings. The number of carbonyl (C=O) groups excluding carboxylic acids is 1. The van der Waals surface area contributed by atoms with Crippen molar-refractivity contribution in [3.05, 3.63) is 29.6 Å². The highest BCUT2D eigenvalue weighted by atomic mass is 19.1. The Bertz CT molecular complexity index is 687. The lowest BCUT2D eigenvalue weighted by atomic mass is 9.96. The standard InChI is InChI=1S/C20H27FN4O/c1-16(26)24-9-3-7-23(10-11-24)14-18-4-2-8-25(15-18)20-6-5-17(13-22)12-19(20)21/h5-6,12,18H,2-4,7-11,14-15H2,1H3.